The van der Waals surface area contributed by atoms with Crippen molar-refractivity contribution >= 4 is 39.5 Å². The number of aliphatic hydroxyl groups excluding tert-OH is 1. The first-order valence-corrected chi connectivity index (χ1v) is 35.8. The predicted molar refractivity (Wildman–Crippen MR) is 322 cm³/mol. The summed E-state index contributed by atoms with van der Waals surface area (Å²) >= 11 is 0. The van der Waals surface area contributed by atoms with Crippen molar-refractivity contribution in [3.63, 3.8) is 0 Å². The number of phosphoric acid groups is 2. The fourth-order valence-corrected chi connectivity index (χ4v) is 10.9. The Hall–Kier alpha value is -1.94. The van der Waals surface area contributed by atoms with Crippen LogP contribution in [-0.4, -0.2) is 96.7 Å². The van der Waals surface area contributed by atoms with Crippen LogP contribution < -0.4 is 0 Å². The largest absolute Gasteiger partial charge is 0.472 e. The standard InChI is InChI=1S/C62H120O17P2/c1-5-9-13-17-20-23-26-29-32-35-39-43-47-60(65)73-53-58(79-62(67)49-45-41-37-34-31-28-25-22-19-15-11-7-3)55-77-81(70,71)75-51-56(63)50-74-80(68,69)76-54-57(52-72-59(64)46-42-38-16-12-8-4)78-61(66)48-44-40-36-33-30-27-24-21-18-14-10-6-2/h56-58,63H,5-55H2,1-4H3,(H,68,69)(H,70,71)/t56-,57+,58+/m0/s1. The summed E-state index contributed by atoms with van der Waals surface area (Å²) in [4.78, 5) is 71.9. The van der Waals surface area contributed by atoms with Gasteiger partial charge in [0, 0.05) is 25.7 Å². The molecule has 17 nitrogen and oxygen atoms in total. The number of aliphatic hydroxyl groups is 1. The maximum Gasteiger partial charge on any atom is 0.472 e. The maximum absolute atomic E-state index is 12.9. The summed E-state index contributed by atoms with van der Waals surface area (Å²) in [6.07, 6.45) is 41.9. The van der Waals surface area contributed by atoms with Gasteiger partial charge in [0.25, 0.3) is 0 Å². The second-order valence-corrected chi connectivity index (χ2v) is 25.4. The van der Waals surface area contributed by atoms with Gasteiger partial charge in [-0.3, -0.25) is 37.3 Å². The van der Waals surface area contributed by atoms with Gasteiger partial charge in [0.05, 0.1) is 26.4 Å². The second-order valence-electron chi connectivity index (χ2n) is 22.4. The summed E-state index contributed by atoms with van der Waals surface area (Å²) in [6, 6.07) is 0. The number of phosphoric ester groups is 2. The lowest BCUT2D eigenvalue weighted by atomic mass is 10.0. The highest BCUT2D eigenvalue weighted by molar-refractivity contribution is 7.47. The number of carbonyl (C=O) groups is 4. The predicted octanol–water partition coefficient (Wildman–Crippen LogP) is 17.2. The lowest BCUT2D eigenvalue weighted by Gasteiger charge is -2.21. The minimum atomic E-state index is -4.94. The van der Waals surface area contributed by atoms with Crippen LogP contribution in [0.5, 0.6) is 0 Å². The average Bonchev–Trinajstić information content (AvgIpc) is 3.44. The fourth-order valence-electron chi connectivity index (χ4n) is 9.28. The Bertz CT molecular complexity index is 1570. The first kappa shape index (κ1) is 79.1. The third-order valence-electron chi connectivity index (χ3n) is 14.4. The Labute approximate surface area is 492 Å². The van der Waals surface area contributed by atoms with E-state index in [1.807, 2.05) is 0 Å². The minimum absolute atomic E-state index is 0.107. The van der Waals surface area contributed by atoms with Gasteiger partial charge in [-0.15, -0.1) is 0 Å². The van der Waals surface area contributed by atoms with Crippen molar-refractivity contribution in [2.24, 2.45) is 0 Å². The van der Waals surface area contributed by atoms with E-state index >= 15 is 0 Å². The molecule has 5 atom stereocenters. The molecule has 0 aromatic rings. The second kappa shape index (κ2) is 57.2. The van der Waals surface area contributed by atoms with E-state index in [9.17, 15) is 43.2 Å². The van der Waals surface area contributed by atoms with E-state index in [4.69, 9.17) is 37.0 Å². The molecule has 0 radical (unpaired) electrons. The molecule has 19 heteroatoms. The maximum atomic E-state index is 12.9. The number of rotatable bonds is 63. The Kier molecular flexibility index (Phi) is 55.8. The Morgan fingerprint density at radius 2 is 0.494 bits per heavy atom. The molecule has 480 valence electrons. The van der Waals surface area contributed by atoms with E-state index in [2.05, 4.69) is 27.7 Å². The topological polar surface area (TPSA) is 237 Å². The van der Waals surface area contributed by atoms with E-state index in [0.717, 1.165) is 96.3 Å². The zero-order valence-electron chi connectivity index (χ0n) is 51.7. The van der Waals surface area contributed by atoms with Gasteiger partial charge in [-0.05, 0) is 25.7 Å². The Morgan fingerprint density at radius 1 is 0.296 bits per heavy atom. The van der Waals surface area contributed by atoms with Gasteiger partial charge in [0.2, 0.25) is 0 Å². The fraction of sp³-hybridized carbons (Fsp3) is 0.935. The first-order chi connectivity index (χ1) is 39.2. The van der Waals surface area contributed by atoms with Crippen LogP contribution in [0.25, 0.3) is 0 Å². The molecule has 2 unspecified atom stereocenters. The lowest BCUT2D eigenvalue weighted by molar-refractivity contribution is -0.161. The molecule has 0 aromatic heterocycles. The summed E-state index contributed by atoms with van der Waals surface area (Å²) in [5.74, 6) is -2.14. The van der Waals surface area contributed by atoms with Crippen molar-refractivity contribution < 1.29 is 80.2 Å². The number of unbranched alkanes of at least 4 members (excludes halogenated alkanes) is 37. The van der Waals surface area contributed by atoms with Gasteiger partial charge in [-0.25, -0.2) is 9.13 Å². The van der Waals surface area contributed by atoms with Crippen LogP contribution in [0.15, 0.2) is 0 Å². The molecule has 3 N–H and O–H groups in total. The van der Waals surface area contributed by atoms with Crippen molar-refractivity contribution in [1.82, 2.24) is 0 Å². The van der Waals surface area contributed by atoms with Crippen LogP contribution in [0.3, 0.4) is 0 Å². The molecular formula is C62H120O17P2. The van der Waals surface area contributed by atoms with Crippen molar-refractivity contribution in [3.05, 3.63) is 0 Å². The molecule has 0 aliphatic rings. The average molecular weight is 1200 g/mol. The van der Waals surface area contributed by atoms with Crippen LogP contribution in [0, 0.1) is 0 Å². The highest BCUT2D eigenvalue weighted by Gasteiger charge is 2.30. The summed E-state index contributed by atoms with van der Waals surface area (Å²) in [6.45, 7) is 4.80. The monoisotopic (exact) mass is 1200 g/mol. The van der Waals surface area contributed by atoms with Gasteiger partial charge >= 0.3 is 39.5 Å². The molecule has 0 aromatic carbocycles. The van der Waals surface area contributed by atoms with Crippen molar-refractivity contribution in [1.29, 1.82) is 0 Å². The van der Waals surface area contributed by atoms with Crippen LogP contribution >= 0.6 is 15.6 Å². The number of esters is 4. The zero-order valence-corrected chi connectivity index (χ0v) is 53.5. The normalized spacial score (nSPS) is 14.2. The molecule has 0 aliphatic heterocycles. The molecule has 0 amide bonds. The van der Waals surface area contributed by atoms with E-state index < -0.39 is 97.5 Å². The van der Waals surface area contributed by atoms with Crippen LogP contribution in [-0.2, 0) is 65.4 Å². The van der Waals surface area contributed by atoms with Crippen molar-refractivity contribution in [2.45, 2.75) is 335 Å². The van der Waals surface area contributed by atoms with Crippen molar-refractivity contribution in [2.75, 3.05) is 39.6 Å². The van der Waals surface area contributed by atoms with Crippen LogP contribution in [0.4, 0.5) is 0 Å². The first-order valence-electron chi connectivity index (χ1n) is 32.8. The van der Waals surface area contributed by atoms with E-state index in [1.54, 1.807) is 0 Å². The summed E-state index contributed by atoms with van der Waals surface area (Å²) in [5.41, 5.74) is 0. The minimum Gasteiger partial charge on any atom is -0.462 e. The Balaban J connectivity index is 5.17. The van der Waals surface area contributed by atoms with Gasteiger partial charge in [-0.1, -0.05) is 265 Å². The third kappa shape index (κ3) is 56.9. The van der Waals surface area contributed by atoms with Crippen LogP contribution in [0.2, 0.25) is 0 Å². The quantitative estimate of drug-likeness (QED) is 0.0222. The van der Waals surface area contributed by atoms with Crippen LogP contribution in [0.1, 0.15) is 317 Å². The number of carbonyl (C=O) groups excluding carboxylic acids is 4. The molecule has 0 bridgehead atoms. The number of ether oxygens (including phenoxy) is 4. The summed E-state index contributed by atoms with van der Waals surface area (Å²) in [7, 11) is -9.87. The molecule has 0 fully saturated rings. The molecule has 0 aliphatic carbocycles. The van der Waals surface area contributed by atoms with Gasteiger partial charge in [-0.2, -0.15) is 0 Å². The van der Waals surface area contributed by atoms with Gasteiger partial charge in [0.1, 0.15) is 19.3 Å². The third-order valence-corrected chi connectivity index (χ3v) is 16.3. The number of hydrogen-bond acceptors (Lipinski definition) is 15. The zero-order chi connectivity index (χ0) is 59.8. The smallest absolute Gasteiger partial charge is 0.462 e. The van der Waals surface area contributed by atoms with E-state index in [-0.39, 0.29) is 25.7 Å². The molecule has 81 heavy (non-hydrogen) atoms. The Morgan fingerprint density at radius 3 is 0.728 bits per heavy atom. The molecule has 0 saturated carbocycles. The van der Waals surface area contributed by atoms with Crippen molar-refractivity contribution in [3.8, 4) is 0 Å². The molecular weight excluding hydrogens is 1080 g/mol. The highest BCUT2D eigenvalue weighted by Crippen LogP contribution is 2.45. The molecule has 0 heterocycles. The van der Waals surface area contributed by atoms with E-state index in [1.165, 1.54) is 141 Å². The summed E-state index contributed by atoms with van der Waals surface area (Å²) in [5, 5.41) is 10.5. The summed E-state index contributed by atoms with van der Waals surface area (Å²) < 4.78 is 67.7. The SMILES string of the molecule is CCCCCCCCCCCCCCC(=O)OC[C@H](COP(=O)(O)OC[C@@H](O)COP(=O)(O)OC[C@@H](COC(=O)CCCCCCC)OC(=O)CCCCCCCCCCCCCC)OC(=O)CCCCCCCCCCCCCC. The highest BCUT2D eigenvalue weighted by atomic mass is 31.2. The molecule has 0 saturated heterocycles. The van der Waals surface area contributed by atoms with E-state index in [0.29, 0.717) is 25.7 Å². The molecule has 0 spiro atoms. The lowest BCUT2D eigenvalue weighted by Crippen LogP contribution is -2.30. The van der Waals surface area contributed by atoms with Gasteiger partial charge in [0.15, 0.2) is 12.2 Å². The molecule has 0 rings (SSSR count). The number of hydrogen-bond donors (Lipinski definition) is 3. The van der Waals surface area contributed by atoms with Gasteiger partial charge < -0.3 is 33.8 Å².